The number of hydrogen-bond acceptors (Lipinski definition) is 3. The van der Waals surface area contributed by atoms with Crippen molar-refractivity contribution in [2.75, 3.05) is 20.1 Å². The van der Waals surface area contributed by atoms with Crippen molar-refractivity contribution in [3.63, 3.8) is 0 Å². The lowest BCUT2D eigenvalue weighted by Gasteiger charge is -2.21. The number of carboxylic acids is 1. The fourth-order valence-electron chi connectivity index (χ4n) is 1.76. The van der Waals surface area contributed by atoms with Gasteiger partial charge in [0.2, 0.25) is 0 Å². The monoisotopic (exact) mass is 199 g/mol. The smallest absolute Gasteiger partial charge is 0.316 e. The molecule has 4 nitrogen and oxygen atoms in total. The third-order valence-corrected chi connectivity index (χ3v) is 2.91. The number of carbonyl (C=O) groups excluding carboxylic acids is 1. The lowest BCUT2D eigenvalue weighted by atomic mass is 9.81. The number of carbonyl (C=O) groups is 2. The Hall–Kier alpha value is -0.900. The quantitative estimate of drug-likeness (QED) is 0.677. The van der Waals surface area contributed by atoms with Crippen molar-refractivity contribution in [2.24, 2.45) is 11.3 Å². The summed E-state index contributed by atoms with van der Waals surface area (Å²) in [7, 11) is 1.95. The van der Waals surface area contributed by atoms with Crippen LogP contribution in [0.25, 0.3) is 0 Å². The maximum absolute atomic E-state index is 11.8. The summed E-state index contributed by atoms with van der Waals surface area (Å²) < 4.78 is 0. The van der Waals surface area contributed by atoms with Gasteiger partial charge in [-0.25, -0.2) is 0 Å². The highest BCUT2D eigenvalue weighted by Crippen LogP contribution is 2.27. The lowest BCUT2D eigenvalue weighted by molar-refractivity contribution is -0.154. The average molecular weight is 199 g/mol. The van der Waals surface area contributed by atoms with E-state index in [1.165, 1.54) is 13.8 Å². The van der Waals surface area contributed by atoms with Crippen LogP contribution in [0, 0.1) is 11.3 Å². The van der Waals surface area contributed by atoms with Gasteiger partial charge in [-0.15, -0.1) is 0 Å². The van der Waals surface area contributed by atoms with Crippen LogP contribution in [0.15, 0.2) is 0 Å². The molecule has 0 aromatic carbocycles. The summed E-state index contributed by atoms with van der Waals surface area (Å²) in [5.41, 5.74) is -1.24. The number of likely N-dealkylation sites (tertiary alicyclic amines) is 1. The van der Waals surface area contributed by atoms with Crippen molar-refractivity contribution < 1.29 is 14.7 Å². The third kappa shape index (κ3) is 1.95. The summed E-state index contributed by atoms with van der Waals surface area (Å²) in [5.74, 6) is -1.28. The van der Waals surface area contributed by atoms with E-state index in [-0.39, 0.29) is 11.7 Å². The van der Waals surface area contributed by atoms with E-state index in [9.17, 15) is 9.59 Å². The standard InChI is InChI=1S/C10H17NO3/c1-10(2,9(13)14)8(12)7-4-5-11(3)6-7/h7H,4-6H2,1-3H3,(H,13,14). The van der Waals surface area contributed by atoms with Crippen molar-refractivity contribution in [2.45, 2.75) is 20.3 Å². The Labute approximate surface area is 83.9 Å². The highest BCUT2D eigenvalue weighted by Gasteiger charge is 2.41. The molecule has 1 saturated heterocycles. The molecule has 80 valence electrons. The van der Waals surface area contributed by atoms with Crippen molar-refractivity contribution in [1.29, 1.82) is 0 Å². The van der Waals surface area contributed by atoms with E-state index in [0.29, 0.717) is 6.54 Å². The average Bonchev–Trinajstić information content (AvgIpc) is 2.50. The minimum atomic E-state index is -1.24. The highest BCUT2D eigenvalue weighted by atomic mass is 16.4. The molecule has 1 N–H and O–H groups in total. The summed E-state index contributed by atoms with van der Waals surface area (Å²) in [4.78, 5) is 24.8. The molecule has 0 aliphatic carbocycles. The molecule has 1 atom stereocenters. The first-order valence-corrected chi connectivity index (χ1v) is 4.82. The minimum Gasteiger partial charge on any atom is -0.481 e. The second kappa shape index (κ2) is 3.69. The van der Waals surface area contributed by atoms with Gasteiger partial charge in [-0.2, -0.15) is 0 Å². The number of rotatable bonds is 3. The lowest BCUT2D eigenvalue weighted by Crippen LogP contribution is -2.38. The van der Waals surface area contributed by atoms with Gasteiger partial charge in [0.1, 0.15) is 5.41 Å². The molecule has 0 spiro atoms. The second-order valence-electron chi connectivity index (χ2n) is 4.54. The zero-order valence-electron chi connectivity index (χ0n) is 8.91. The molecular formula is C10H17NO3. The molecule has 1 heterocycles. The van der Waals surface area contributed by atoms with Crippen LogP contribution in [-0.4, -0.2) is 41.9 Å². The van der Waals surface area contributed by atoms with Gasteiger partial charge >= 0.3 is 5.97 Å². The van der Waals surface area contributed by atoms with Gasteiger partial charge in [0.05, 0.1) is 0 Å². The maximum Gasteiger partial charge on any atom is 0.316 e. The van der Waals surface area contributed by atoms with Crippen molar-refractivity contribution in [1.82, 2.24) is 4.90 Å². The Morgan fingerprint density at radius 3 is 2.36 bits per heavy atom. The molecular weight excluding hydrogens is 182 g/mol. The maximum atomic E-state index is 11.8. The molecule has 0 saturated carbocycles. The molecule has 1 rings (SSSR count). The van der Waals surface area contributed by atoms with E-state index < -0.39 is 11.4 Å². The summed E-state index contributed by atoms with van der Waals surface area (Å²) >= 11 is 0. The Kier molecular flexibility index (Phi) is 2.95. The van der Waals surface area contributed by atoms with Gasteiger partial charge in [-0.1, -0.05) is 0 Å². The van der Waals surface area contributed by atoms with E-state index in [4.69, 9.17) is 5.11 Å². The number of aliphatic carboxylic acids is 1. The van der Waals surface area contributed by atoms with Gasteiger partial charge < -0.3 is 10.0 Å². The molecule has 1 fully saturated rings. The normalized spacial score (nSPS) is 23.8. The molecule has 0 bridgehead atoms. The topological polar surface area (TPSA) is 57.6 Å². The van der Waals surface area contributed by atoms with E-state index in [0.717, 1.165) is 13.0 Å². The first-order chi connectivity index (χ1) is 6.35. The van der Waals surface area contributed by atoms with Crippen molar-refractivity contribution in [3.8, 4) is 0 Å². The zero-order chi connectivity index (χ0) is 10.9. The summed E-state index contributed by atoms with van der Waals surface area (Å²) in [6.45, 7) is 4.54. The fourth-order valence-corrected chi connectivity index (χ4v) is 1.76. The summed E-state index contributed by atoms with van der Waals surface area (Å²) in [6.07, 6.45) is 0.784. The first kappa shape index (κ1) is 11.2. The van der Waals surface area contributed by atoms with Crippen LogP contribution in [0.1, 0.15) is 20.3 Å². The summed E-state index contributed by atoms with van der Waals surface area (Å²) in [5, 5.41) is 8.90. The Bertz CT molecular complexity index is 260. The Balaban J connectivity index is 2.70. The second-order valence-corrected chi connectivity index (χ2v) is 4.54. The Morgan fingerprint density at radius 1 is 1.43 bits per heavy atom. The molecule has 0 aromatic heterocycles. The fraction of sp³-hybridized carbons (Fsp3) is 0.800. The van der Waals surface area contributed by atoms with E-state index >= 15 is 0 Å². The van der Waals surface area contributed by atoms with Gasteiger partial charge in [-0.3, -0.25) is 9.59 Å². The Morgan fingerprint density at radius 2 is 2.00 bits per heavy atom. The molecule has 1 aliphatic rings. The number of Topliss-reactive ketones (excluding diaryl/α,β-unsaturated/α-hetero) is 1. The van der Waals surface area contributed by atoms with Crippen LogP contribution < -0.4 is 0 Å². The van der Waals surface area contributed by atoms with Crippen molar-refractivity contribution >= 4 is 11.8 Å². The molecule has 1 unspecified atom stereocenters. The van der Waals surface area contributed by atoms with Gasteiger partial charge in [0.15, 0.2) is 5.78 Å². The van der Waals surface area contributed by atoms with E-state index in [1.807, 2.05) is 7.05 Å². The number of nitrogens with zero attached hydrogens (tertiary/aromatic N) is 1. The van der Waals surface area contributed by atoms with Crippen LogP contribution in [0.3, 0.4) is 0 Å². The van der Waals surface area contributed by atoms with E-state index in [1.54, 1.807) is 0 Å². The number of ketones is 1. The van der Waals surface area contributed by atoms with Crippen LogP contribution in [0.4, 0.5) is 0 Å². The number of hydrogen-bond donors (Lipinski definition) is 1. The van der Waals surface area contributed by atoms with Gasteiger partial charge in [0.25, 0.3) is 0 Å². The van der Waals surface area contributed by atoms with Crippen LogP contribution in [0.2, 0.25) is 0 Å². The molecule has 0 aromatic rings. The predicted octanol–water partition coefficient (Wildman–Crippen LogP) is 0.618. The predicted molar refractivity (Wildman–Crippen MR) is 52.0 cm³/mol. The van der Waals surface area contributed by atoms with Crippen molar-refractivity contribution in [3.05, 3.63) is 0 Å². The summed E-state index contributed by atoms with van der Waals surface area (Å²) in [6, 6.07) is 0. The van der Waals surface area contributed by atoms with Gasteiger partial charge in [0, 0.05) is 12.5 Å². The first-order valence-electron chi connectivity index (χ1n) is 4.82. The van der Waals surface area contributed by atoms with E-state index in [2.05, 4.69) is 4.90 Å². The van der Waals surface area contributed by atoms with Gasteiger partial charge in [-0.05, 0) is 33.9 Å². The molecule has 0 amide bonds. The molecule has 0 radical (unpaired) electrons. The molecule has 14 heavy (non-hydrogen) atoms. The molecule has 4 heteroatoms. The largest absolute Gasteiger partial charge is 0.481 e. The molecule has 1 aliphatic heterocycles. The highest BCUT2D eigenvalue weighted by molar-refractivity contribution is 6.03. The minimum absolute atomic E-state index is 0.105. The number of carboxylic acid groups (broad SMARTS) is 1. The zero-order valence-corrected chi connectivity index (χ0v) is 8.91. The third-order valence-electron chi connectivity index (χ3n) is 2.91. The van der Waals surface area contributed by atoms with Crippen LogP contribution in [-0.2, 0) is 9.59 Å². The van der Waals surface area contributed by atoms with Crippen LogP contribution in [0.5, 0.6) is 0 Å². The van der Waals surface area contributed by atoms with Crippen LogP contribution >= 0.6 is 0 Å². The SMILES string of the molecule is CN1CCC(C(=O)C(C)(C)C(=O)O)C1.